The molecule has 2 heterocycles. The second-order valence-electron chi connectivity index (χ2n) is 8.62. The van der Waals surface area contributed by atoms with Crippen LogP contribution in [-0.2, 0) is 13.6 Å². The monoisotopic (exact) mass is 432 g/mol. The molecule has 8 heteroatoms. The Morgan fingerprint density at radius 2 is 2.10 bits per heavy atom. The van der Waals surface area contributed by atoms with Crippen molar-refractivity contribution in [3.05, 3.63) is 47.3 Å². The van der Waals surface area contributed by atoms with E-state index >= 15 is 0 Å². The van der Waals surface area contributed by atoms with Gasteiger partial charge in [-0.3, -0.25) is 9.67 Å². The molecule has 1 atom stereocenters. The van der Waals surface area contributed by atoms with Gasteiger partial charge in [0.2, 0.25) is 0 Å². The first-order valence-corrected chi connectivity index (χ1v) is 11.0. The number of benzene rings is 1. The molecular formula is C23H34F2N6. The van der Waals surface area contributed by atoms with Gasteiger partial charge in [0, 0.05) is 70.3 Å². The van der Waals surface area contributed by atoms with Gasteiger partial charge in [0.05, 0.1) is 5.69 Å². The highest BCUT2D eigenvalue weighted by Gasteiger charge is 2.24. The van der Waals surface area contributed by atoms with Crippen molar-refractivity contribution in [3.8, 4) is 0 Å². The van der Waals surface area contributed by atoms with E-state index < -0.39 is 11.6 Å². The topological polar surface area (TPSA) is 48.7 Å². The summed E-state index contributed by atoms with van der Waals surface area (Å²) in [7, 11) is 3.99. The Morgan fingerprint density at radius 3 is 2.77 bits per heavy atom. The van der Waals surface area contributed by atoms with Gasteiger partial charge in [-0.2, -0.15) is 5.10 Å². The molecular weight excluding hydrogens is 398 g/mol. The molecule has 1 N–H and O–H groups in total. The lowest BCUT2D eigenvalue weighted by Crippen LogP contribution is -2.39. The van der Waals surface area contributed by atoms with Crippen LogP contribution in [0, 0.1) is 17.6 Å². The number of nitrogens with zero attached hydrogens (tertiary/aromatic N) is 5. The van der Waals surface area contributed by atoms with Gasteiger partial charge in [-0.25, -0.2) is 8.78 Å². The number of rotatable bonds is 7. The summed E-state index contributed by atoms with van der Waals surface area (Å²) < 4.78 is 28.7. The van der Waals surface area contributed by atoms with E-state index in [1.165, 1.54) is 17.7 Å². The van der Waals surface area contributed by atoms with Crippen LogP contribution < -0.4 is 10.2 Å². The quantitative estimate of drug-likeness (QED) is 0.535. The van der Waals surface area contributed by atoms with E-state index in [1.54, 1.807) is 6.07 Å². The summed E-state index contributed by atoms with van der Waals surface area (Å²) in [6.45, 7) is 10.2. The van der Waals surface area contributed by atoms with Crippen molar-refractivity contribution < 1.29 is 8.78 Å². The van der Waals surface area contributed by atoms with Crippen LogP contribution in [0.3, 0.4) is 0 Å². The Hall–Kier alpha value is -2.64. The fraction of sp³-hybridized carbons (Fsp3) is 0.565. The van der Waals surface area contributed by atoms with Crippen molar-refractivity contribution in [1.82, 2.24) is 20.0 Å². The number of hydrogen-bond donors (Lipinski definition) is 1. The number of aryl methyl sites for hydroxylation is 1. The number of anilines is 1. The van der Waals surface area contributed by atoms with Crippen molar-refractivity contribution in [3.63, 3.8) is 0 Å². The molecule has 6 nitrogen and oxygen atoms in total. The molecule has 1 aliphatic rings. The molecule has 2 aromatic rings. The highest BCUT2D eigenvalue weighted by molar-refractivity contribution is 5.79. The second-order valence-corrected chi connectivity index (χ2v) is 8.62. The number of halogens is 2. The van der Waals surface area contributed by atoms with Crippen molar-refractivity contribution in [2.24, 2.45) is 18.0 Å². The van der Waals surface area contributed by atoms with E-state index in [-0.39, 0.29) is 0 Å². The minimum absolute atomic E-state index is 0.366. The van der Waals surface area contributed by atoms with Crippen LogP contribution in [0.15, 0.2) is 29.4 Å². The Labute approximate surface area is 183 Å². The normalized spacial score (nSPS) is 17.0. The number of nitrogens with one attached hydrogen (secondary N) is 1. The molecule has 3 rings (SSSR count). The standard InChI is InChI=1S/C23H34F2N6/c1-6-26-23(29(4)14-18-15-30(5)28-22(18)16(2)3)27-12-17-9-10-31(13-17)19-7-8-20(24)21(25)11-19/h7-8,11,15-17H,6,9-10,12-14H2,1-5H3,(H,26,27). The zero-order valence-corrected chi connectivity index (χ0v) is 19.2. The van der Waals surface area contributed by atoms with Crippen LogP contribution in [0.2, 0.25) is 0 Å². The smallest absolute Gasteiger partial charge is 0.193 e. The fourth-order valence-corrected chi connectivity index (χ4v) is 4.08. The minimum atomic E-state index is -0.809. The zero-order chi connectivity index (χ0) is 22.5. The third-order valence-corrected chi connectivity index (χ3v) is 5.64. The van der Waals surface area contributed by atoms with E-state index in [4.69, 9.17) is 4.99 Å². The largest absolute Gasteiger partial charge is 0.371 e. The van der Waals surface area contributed by atoms with Crippen LogP contribution in [0.4, 0.5) is 14.5 Å². The summed E-state index contributed by atoms with van der Waals surface area (Å²) >= 11 is 0. The predicted molar refractivity (Wildman–Crippen MR) is 121 cm³/mol. The lowest BCUT2D eigenvalue weighted by atomic mass is 10.1. The van der Waals surface area contributed by atoms with Gasteiger partial charge in [-0.05, 0) is 37.3 Å². The van der Waals surface area contributed by atoms with Crippen LogP contribution in [-0.4, -0.2) is 53.9 Å². The molecule has 0 bridgehead atoms. The molecule has 170 valence electrons. The first-order chi connectivity index (χ1) is 14.8. The number of aliphatic imine (C=N–C) groups is 1. The lowest BCUT2D eigenvalue weighted by Gasteiger charge is -2.23. The fourth-order valence-electron chi connectivity index (χ4n) is 4.08. The van der Waals surface area contributed by atoms with Crippen LogP contribution in [0.25, 0.3) is 0 Å². The molecule has 1 aliphatic heterocycles. The SMILES string of the molecule is CCNC(=NCC1CCN(c2ccc(F)c(F)c2)C1)N(C)Cc1cn(C)nc1C(C)C. The molecule has 1 aromatic heterocycles. The van der Waals surface area contributed by atoms with Crippen LogP contribution >= 0.6 is 0 Å². The summed E-state index contributed by atoms with van der Waals surface area (Å²) in [5, 5.41) is 7.98. The third-order valence-electron chi connectivity index (χ3n) is 5.64. The molecule has 0 amide bonds. The first-order valence-electron chi connectivity index (χ1n) is 11.0. The Morgan fingerprint density at radius 1 is 1.32 bits per heavy atom. The Kier molecular flexibility index (Phi) is 7.51. The van der Waals surface area contributed by atoms with Gasteiger partial charge in [-0.15, -0.1) is 0 Å². The van der Waals surface area contributed by atoms with Gasteiger partial charge in [-0.1, -0.05) is 13.8 Å². The van der Waals surface area contributed by atoms with E-state index in [1.807, 2.05) is 18.8 Å². The molecule has 1 fully saturated rings. The maximum absolute atomic E-state index is 13.6. The predicted octanol–water partition coefficient (Wildman–Crippen LogP) is 3.75. The average molecular weight is 433 g/mol. The molecule has 31 heavy (non-hydrogen) atoms. The van der Waals surface area contributed by atoms with Crippen molar-refractivity contribution in [2.45, 2.75) is 39.7 Å². The number of hydrogen-bond acceptors (Lipinski definition) is 3. The van der Waals surface area contributed by atoms with Gasteiger partial charge < -0.3 is 15.1 Å². The maximum atomic E-state index is 13.6. The molecule has 1 aromatic carbocycles. The summed E-state index contributed by atoms with van der Waals surface area (Å²) in [5.41, 5.74) is 3.05. The van der Waals surface area contributed by atoms with Crippen molar-refractivity contribution in [1.29, 1.82) is 0 Å². The van der Waals surface area contributed by atoms with E-state index in [9.17, 15) is 8.78 Å². The van der Waals surface area contributed by atoms with E-state index in [0.29, 0.717) is 18.4 Å². The molecule has 1 unspecified atom stereocenters. The van der Waals surface area contributed by atoms with Crippen LogP contribution in [0.5, 0.6) is 0 Å². The highest BCUT2D eigenvalue weighted by atomic mass is 19.2. The maximum Gasteiger partial charge on any atom is 0.193 e. The van der Waals surface area contributed by atoms with Crippen molar-refractivity contribution >= 4 is 11.6 Å². The van der Waals surface area contributed by atoms with Gasteiger partial charge in [0.15, 0.2) is 17.6 Å². The summed E-state index contributed by atoms with van der Waals surface area (Å²) in [6, 6.07) is 4.11. The summed E-state index contributed by atoms with van der Waals surface area (Å²) in [6.07, 6.45) is 3.05. The van der Waals surface area contributed by atoms with Gasteiger partial charge >= 0.3 is 0 Å². The summed E-state index contributed by atoms with van der Waals surface area (Å²) in [4.78, 5) is 9.11. The molecule has 0 radical (unpaired) electrons. The van der Waals surface area contributed by atoms with E-state index in [2.05, 4.69) is 47.2 Å². The number of aromatic nitrogens is 2. The molecule has 0 saturated carbocycles. The zero-order valence-electron chi connectivity index (χ0n) is 19.2. The summed E-state index contributed by atoms with van der Waals surface area (Å²) in [5.74, 6) is -0.000121. The lowest BCUT2D eigenvalue weighted by molar-refractivity contribution is 0.469. The molecule has 1 saturated heterocycles. The Bertz CT molecular complexity index is 907. The first kappa shape index (κ1) is 23.0. The van der Waals surface area contributed by atoms with Gasteiger partial charge in [0.1, 0.15) is 0 Å². The van der Waals surface area contributed by atoms with E-state index in [0.717, 1.165) is 49.9 Å². The average Bonchev–Trinajstić information content (AvgIpc) is 3.33. The van der Waals surface area contributed by atoms with Crippen LogP contribution in [0.1, 0.15) is 44.4 Å². The molecule has 0 aliphatic carbocycles. The van der Waals surface area contributed by atoms with Gasteiger partial charge in [0.25, 0.3) is 0 Å². The minimum Gasteiger partial charge on any atom is -0.371 e. The second kappa shape index (κ2) is 10.1. The van der Waals surface area contributed by atoms with Crippen molar-refractivity contribution in [2.75, 3.05) is 38.1 Å². The molecule has 0 spiro atoms. The highest BCUT2D eigenvalue weighted by Crippen LogP contribution is 2.25. The third kappa shape index (κ3) is 5.74. The number of guanidine groups is 1. The Balaban J connectivity index is 1.63.